The first-order valence-corrected chi connectivity index (χ1v) is 6.16. The largest absolute Gasteiger partial charge is 0.234 e. The number of hydrogen-bond acceptors (Lipinski definition) is 3. The molecule has 4 nitrogen and oxygen atoms in total. The van der Waals surface area contributed by atoms with E-state index in [1.54, 1.807) is 4.68 Å². The van der Waals surface area contributed by atoms with Crippen molar-refractivity contribution in [2.45, 2.75) is 13.8 Å². The summed E-state index contributed by atoms with van der Waals surface area (Å²) >= 11 is 0. The van der Waals surface area contributed by atoms with Gasteiger partial charge in [0.15, 0.2) is 5.82 Å². The van der Waals surface area contributed by atoms with E-state index in [1.165, 1.54) is 5.56 Å². The van der Waals surface area contributed by atoms with Crippen LogP contribution in [0.25, 0.3) is 17.1 Å². The number of aromatic nitrogens is 4. The van der Waals surface area contributed by atoms with Gasteiger partial charge in [0.2, 0.25) is 0 Å². The predicted octanol–water partition coefficient (Wildman–Crippen LogP) is 2.95. The number of pyridine rings is 1. The smallest absolute Gasteiger partial charge is 0.155 e. The molecule has 0 N–H and O–H groups in total. The Morgan fingerprint density at radius 3 is 2.47 bits per heavy atom. The first-order chi connectivity index (χ1) is 9.22. The molecule has 1 aromatic carbocycles. The van der Waals surface area contributed by atoms with Crippen LogP contribution in [0.4, 0.5) is 0 Å². The minimum Gasteiger partial charge on any atom is -0.234 e. The molecular formula is C15H14N4. The summed E-state index contributed by atoms with van der Waals surface area (Å²) in [4.78, 5) is 4.43. The molecule has 0 fully saturated rings. The second kappa shape index (κ2) is 4.65. The molecule has 2 heterocycles. The van der Waals surface area contributed by atoms with Crippen molar-refractivity contribution in [3.63, 3.8) is 0 Å². The van der Waals surface area contributed by atoms with Crippen molar-refractivity contribution in [1.82, 2.24) is 20.0 Å². The van der Waals surface area contributed by atoms with Crippen LogP contribution in [0, 0.1) is 13.8 Å². The molecular weight excluding hydrogens is 236 g/mol. The van der Waals surface area contributed by atoms with Crippen LogP contribution in [0.15, 0.2) is 48.7 Å². The van der Waals surface area contributed by atoms with Crippen LogP contribution in [0.2, 0.25) is 0 Å². The highest BCUT2D eigenvalue weighted by atomic mass is 15.4. The van der Waals surface area contributed by atoms with Crippen molar-refractivity contribution in [2.24, 2.45) is 0 Å². The second-order valence-electron chi connectivity index (χ2n) is 4.55. The molecule has 0 aliphatic carbocycles. The van der Waals surface area contributed by atoms with E-state index >= 15 is 0 Å². The summed E-state index contributed by atoms with van der Waals surface area (Å²) in [7, 11) is 0. The van der Waals surface area contributed by atoms with Gasteiger partial charge in [-0.1, -0.05) is 41.1 Å². The molecule has 0 amide bonds. The Morgan fingerprint density at radius 2 is 1.74 bits per heavy atom. The fourth-order valence-electron chi connectivity index (χ4n) is 1.89. The molecule has 0 atom stereocenters. The van der Waals surface area contributed by atoms with Gasteiger partial charge in [0, 0.05) is 11.3 Å². The molecule has 0 unspecified atom stereocenters. The van der Waals surface area contributed by atoms with Gasteiger partial charge in [0.25, 0.3) is 0 Å². The monoisotopic (exact) mass is 250 g/mol. The fourth-order valence-corrected chi connectivity index (χ4v) is 1.89. The average molecular weight is 250 g/mol. The van der Waals surface area contributed by atoms with Crippen LogP contribution >= 0.6 is 0 Å². The highest BCUT2D eigenvalue weighted by Crippen LogP contribution is 2.17. The lowest BCUT2D eigenvalue weighted by atomic mass is 10.1. The number of rotatable bonds is 2. The molecule has 0 aliphatic rings. The molecule has 0 radical (unpaired) electrons. The fraction of sp³-hybridized carbons (Fsp3) is 0.133. The Balaban J connectivity index is 1.97. The summed E-state index contributed by atoms with van der Waals surface area (Å²) in [6.45, 7) is 4.03. The van der Waals surface area contributed by atoms with Crippen LogP contribution in [-0.4, -0.2) is 20.0 Å². The number of hydrogen-bond donors (Lipinski definition) is 0. The third kappa shape index (κ3) is 2.38. The SMILES string of the molecule is Cc1ccc(-c2cn(-c3cccc(C)n3)nn2)cc1. The molecule has 2 aromatic heterocycles. The summed E-state index contributed by atoms with van der Waals surface area (Å²) in [5, 5.41) is 8.33. The number of aryl methyl sites for hydroxylation is 2. The zero-order chi connectivity index (χ0) is 13.2. The van der Waals surface area contributed by atoms with Crippen LogP contribution in [0.5, 0.6) is 0 Å². The van der Waals surface area contributed by atoms with Gasteiger partial charge in [-0.3, -0.25) is 0 Å². The van der Waals surface area contributed by atoms with E-state index < -0.39 is 0 Å². The maximum absolute atomic E-state index is 4.43. The van der Waals surface area contributed by atoms with Crippen LogP contribution in [-0.2, 0) is 0 Å². The van der Waals surface area contributed by atoms with Gasteiger partial charge in [-0.25, -0.2) is 9.67 Å². The second-order valence-corrected chi connectivity index (χ2v) is 4.55. The van der Waals surface area contributed by atoms with E-state index in [0.29, 0.717) is 0 Å². The van der Waals surface area contributed by atoms with Gasteiger partial charge in [-0.2, -0.15) is 0 Å². The summed E-state index contributed by atoms with van der Waals surface area (Å²) in [6.07, 6.45) is 1.90. The third-order valence-corrected chi connectivity index (χ3v) is 2.95. The Kier molecular flexibility index (Phi) is 2.83. The van der Waals surface area contributed by atoms with Crippen molar-refractivity contribution >= 4 is 0 Å². The summed E-state index contributed by atoms with van der Waals surface area (Å²) in [5.41, 5.74) is 4.11. The van der Waals surface area contributed by atoms with Crippen LogP contribution in [0.3, 0.4) is 0 Å². The van der Waals surface area contributed by atoms with Gasteiger partial charge < -0.3 is 0 Å². The summed E-state index contributed by atoms with van der Waals surface area (Å²) in [6, 6.07) is 14.1. The maximum atomic E-state index is 4.43. The van der Waals surface area contributed by atoms with Gasteiger partial charge in [-0.15, -0.1) is 5.10 Å². The van der Waals surface area contributed by atoms with E-state index in [4.69, 9.17) is 0 Å². The topological polar surface area (TPSA) is 43.6 Å². The maximum Gasteiger partial charge on any atom is 0.155 e. The van der Waals surface area contributed by atoms with Crippen molar-refractivity contribution in [3.8, 4) is 17.1 Å². The average Bonchev–Trinajstić information content (AvgIpc) is 2.89. The molecule has 0 saturated carbocycles. The summed E-state index contributed by atoms with van der Waals surface area (Å²) < 4.78 is 1.70. The molecule has 0 aliphatic heterocycles. The highest BCUT2D eigenvalue weighted by Gasteiger charge is 2.05. The zero-order valence-corrected chi connectivity index (χ0v) is 10.9. The Labute approximate surface area is 111 Å². The van der Waals surface area contributed by atoms with Gasteiger partial charge in [-0.05, 0) is 26.0 Å². The van der Waals surface area contributed by atoms with Crippen molar-refractivity contribution in [1.29, 1.82) is 0 Å². The van der Waals surface area contributed by atoms with Crippen LogP contribution < -0.4 is 0 Å². The lowest BCUT2D eigenvalue weighted by Gasteiger charge is -1.99. The van der Waals surface area contributed by atoms with Crippen molar-refractivity contribution < 1.29 is 0 Å². The van der Waals surface area contributed by atoms with Gasteiger partial charge in [0.1, 0.15) is 5.69 Å². The molecule has 3 rings (SSSR count). The molecule has 0 bridgehead atoms. The first kappa shape index (κ1) is 11.6. The minimum absolute atomic E-state index is 0.783. The van der Waals surface area contributed by atoms with Crippen molar-refractivity contribution in [2.75, 3.05) is 0 Å². The third-order valence-electron chi connectivity index (χ3n) is 2.95. The quantitative estimate of drug-likeness (QED) is 0.702. The Bertz CT molecular complexity index is 698. The molecule has 19 heavy (non-hydrogen) atoms. The number of benzene rings is 1. The lowest BCUT2D eigenvalue weighted by Crippen LogP contribution is -1.98. The highest BCUT2D eigenvalue weighted by molar-refractivity contribution is 5.58. The van der Waals surface area contributed by atoms with E-state index in [2.05, 4.69) is 34.4 Å². The predicted molar refractivity (Wildman–Crippen MR) is 74.1 cm³/mol. The molecule has 0 saturated heterocycles. The Morgan fingerprint density at radius 1 is 0.947 bits per heavy atom. The molecule has 3 aromatic rings. The number of nitrogens with zero attached hydrogens (tertiary/aromatic N) is 4. The molecule has 0 spiro atoms. The van der Waals surface area contributed by atoms with E-state index in [0.717, 1.165) is 22.8 Å². The first-order valence-electron chi connectivity index (χ1n) is 6.16. The van der Waals surface area contributed by atoms with Gasteiger partial charge in [0.05, 0.1) is 6.20 Å². The Hall–Kier alpha value is -2.49. The van der Waals surface area contributed by atoms with E-state index in [1.807, 2.05) is 43.5 Å². The van der Waals surface area contributed by atoms with E-state index in [-0.39, 0.29) is 0 Å². The van der Waals surface area contributed by atoms with E-state index in [9.17, 15) is 0 Å². The molecule has 4 heteroatoms. The standard InChI is InChI=1S/C15H14N4/c1-11-6-8-13(9-7-11)14-10-19(18-17-14)15-5-3-4-12(2)16-15/h3-10H,1-2H3. The minimum atomic E-state index is 0.783. The van der Waals surface area contributed by atoms with Crippen LogP contribution in [0.1, 0.15) is 11.3 Å². The van der Waals surface area contributed by atoms with Crippen molar-refractivity contribution in [3.05, 3.63) is 59.9 Å². The van der Waals surface area contributed by atoms with Gasteiger partial charge >= 0.3 is 0 Å². The zero-order valence-electron chi connectivity index (χ0n) is 10.9. The summed E-state index contributed by atoms with van der Waals surface area (Å²) in [5.74, 6) is 0.783. The normalized spacial score (nSPS) is 10.6. The lowest BCUT2D eigenvalue weighted by molar-refractivity contribution is 0.778. The molecule has 94 valence electrons.